The molecule has 3 heteroatoms. The van der Waals surface area contributed by atoms with Gasteiger partial charge in [-0.3, -0.25) is 4.90 Å². The number of nitriles is 1. The van der Waals surface area contributed by atoms with Crippen molar-refractivity contribution in [1.29, 1.82) is 5.26 Å². The van der Waals surface area contributed by atoms with Gasteiger partial charge in [0.1, 0.15) is 0 Å². The van der Waals surface area contributed by atoms with Crippen molar-refractivity contribution in [3.8, 4) is 6.07 Å². The molecule has 0 aromatic carbocycles. The van der Waals surface area contributed by atoms with E-state index in [1.807, 2.05) is 12.2 Å². The molecule has 0 aliphatic carbocycles. The Labute approximate surface area is 104 Å². The average Bonchev–Trinajstić information content (AvgIpc) is 2.36. The molecule has 0 amide bonds. The third-order valence-corrected chi connectivity index (χ3v) is 3.28. The molecule has 1 aliphatic rings. The first-order chi connectivity index (χ1) is 8.19. The van der Waals surface area contributed by atoms with Crippen LogP contribution in [0.2, 0.25) is 0 Å². The fourth-order valence-corrected chi connectivity index (χ4v) is 2.10. The fourth-order valence-electron chi connectivity index (χ4n) is 2.10. The quantitative estimate of drug-likeness (QED) is 0.536. The van der Waals surface area contributed by atoms with Gasteiger partial charge in [0.2, 0.25) is 0 Å². The Morgan fingerprint density at radius 1 is 1.53 bits per heavy atom. The maximum absolute atomic E-state index is 8.64. The summed E-state index contributed by atoms with van der Waals surface area (Å²) < 4.78 is 0. The lowest BCUT2D eigenvalue weighted by molar-refractivity contribution is 0.163. The molecule has 1 fully saturated rings. The van der Waals surface area contributed by atoms with Gasteiger partial charge in [-0.1, -0.05) is 25.3 Å². The standard InChI is InChI=1S/C14H21N3/c1-4-5-6-13(2)16(3)14-7-10-17(11-8-14)12-9-15/h4-6,14H,1-2,7-8,10-12H2,3H3/b6-5-. The van der Waals surface area contributed by atoms with E-state index in [9.17, 15) is 0 Å². The van der Waals surface area contributed by atoms with Crippen LogP contribution < -0.4 is 0 Å². The van der Waals surface area contributed by atoms with Gasteiger partial charge in [-0.15, -0.1) is 0 Å². The van der Waals surface area contributed by atoms with Gasteiger partial charge in [-0.25, -0.2) is 0 Å². The molecule has 3 nitrogen and oxygen atoms in total. The van der Waals surface area contributed by atoms with Crippen molar-refractivity contribution in [1.82, 2.24) is 9.80 Å². The van der Waals surface area contributed by atoms with Crippen LogP contribution in [0.5, 0.6) is 0 Å². The summed E-state index contributed by atoms with van der Waals surface area (Å²) in [6, 6.07) is 2.74. The molecule has 1 rings (SSSR count). The lowest BCUT2D eigenvalue weighted by Gasteiger charge is -2.37. The van der Waals surface area contributed by atoms with Crippen molar-refractivity contribution in [2.24, 2.45) is 0 Å². The van der Waals surface area contributed by atoms with Crippen LogP contribution in [0.3, 0.4) is 0 Å². The van der Waals surface area contributed by atoms with Gasteiger partial charge in [-0.05, 0) is 18.9 Å². The fraction of sp³-hybridized carbons (Fsp3) is 0.500. The molecule has 1 heterocycles. The molecule has 0 radical (unpaired) electrons. The van der Waals surface area contributed by atoms with Crippen LogP contribution in [0.15, 0.2) is 37.1 Å². The first-order valence-corrected chi connectivity index (χ1v) is 5.99. The van der Waals surface area contributed by atoms with E-state index in [0.717, 1.165) is 31.6 Å². The highest BCUT2D eigenvalue weighted by molar-refractivity contribution is 5.17. The van der Waals surface area contributed by atoms with Crippen molar-refractivity contribution in [3.05, 3.63) is 37.1 Å². The molecule has 0 atom stereocenters. The number of likely N-dealkylation sites (N-methyl/N-ethyl adjacent to an activating group) is 1. The van der Waals surface area contributed by atoms with Gasteiger partial charge >= 0.3 is 0 Å². The molecule has 0 saturated carbocycles. The van der Waals surface area contributed by atoms with E-state index in [1.54, 1.807) is 6.08 Å². The third-order valence-electron chi connectivity index (χ3n) is 3.28. The summed E-state index contributed by atoms with van der Waals surface area (Å²) in [6.45, 7) is 10.3. The second-order valence-electron chi connectivity index (χ2n) is 4.36. The van der Waals surface area contributed by atoms with Gasteiger partial charge in [0, 0.05) is 31.9 Å². The summed E-state index contributed by atoms with van der Waals surface area (Å²) in [5.74, 6) is 0. The Hall–Kier alpha value is -1.53. The minimum Gasteiger partial charge on any atom is -0.372 e. The lowest BCUT2D eigenvalue weighted by Crippen LogP contribution is -2.42. The molecule has 0 aromatic rings. The zero-order chi connectivity index (χ0) is 12.7. The van der Waals surface area contributed by atoms with Crippen molar-refractivity contribution in [3.63, 3.8) is 0 Å². The maximum atomic E-state index is 8.64. The summed E-state index contributed by atoms with van der Waals surface area (Å²) in [5.41, 5.74) is 1.02. The first-order valence-electron chi connectivity index (χ1n) is 5.99. The van der Waals surface area contributed by atoms with Crippen LogP contribution in [-0.4, -0.2) is 42.5 Å². The number of rotatable bonds is 5. The first kappa shape index (κ1) is 13.5. The highest BCUT2D eigenvalue weighted by Gasteiger charge is 2.22. The SMILES string of the molecule is C=C/C=C\C(=C)N(C)C1CCN(CC#N)CC1. The molecule has 0 unspecified atom stereocenters. The van der Waals surface area contributed by atoms with E-state index < -0.39 is 0 Å². The maximum Gasteiger partial charge on any atom is 0.0866 e. The Morgan fingerprint density at radius 3 is 2.71 bits per heavy atom. The number of likely N-dealkylation sites (tertiary alicyclic amines) is 1. The average molecular weight is 231 g/mol. The van der Waals surface area contributed by atoms with Crippen molar-refractivity contribution in [2.45, 2.75) is 18.9 Å². The molecule has 17 heavy (non-hydrogen) atoms. The lowest BCUT2D eigenvalue weighted by atomic mass is 10.0. The van der Waals surface area contributed by atoms with Crippen LogP contribution in [0.25, 0.3) is 0 Å². The molecular formula is C14H21N3. The Kier molecular flexibility index (Phi) is 5.51. The minimum atomic E-state index is 0.534. The minimum absolute atomic E-state index is 0.534. The zero-order valence-electron chi connectivity index (χ0n) is 10.6. The van der Waals surface area contributed by atoms with E-state index in [4.69, 9.17) is 5.26 Å². The predicted octanol–water partition coefficient (Wildman–Crippen LogP) is 2.16. The van der Waals surface area contributed by atoms with Gasteiger partial charge in [0.25, 0.3) is 0 Å². The smallest absolute Gasteiger partial charge is 0.0866 e. The molecule has 0 aromatic heterocycles. The molecular weight excluding hydrogens is 210 g/mol. The van der Waals surface area contributed by atoms with E-state index in [2.05, 4.69) is 36.1 Å². The summed E-state index contributed by atoms with van der Waals surface area (Å²) in [5, 5.41) is 8.64. The molecule has 0 bridgehead atoms. The molecule has 1 aliphatic heterocycles. The Morgan fingerprint density at radius 2 is 2.18 bits per heavy atom. The highest BCUT2D eigenvalue weighted by Crippen LogP contribution is 2.18. The number of piperidine rings is 1. The number of allylic oxidation sites excluding steroid dienone is 3. The number of hydrogen-bond donors (Lipinski definition) is 0. The second-order valence-corrected chi connectivity index (χ2v) is 4.36. The summed E-state index contributed by atoms with van der Waals surface area (Å²) in [6.07, 6.45) is 7.84. The van der Waals surface area contributed by atoms with Gasteiger partial charge in [0.15, 0.2) is 0 Å². The van der Waals surface area contributed by atoms with Crippen LogP contribution in [0.1, 0.15) is 12.8 Å². The summed E-state index contributed by atoms with van der Waals surface area (Å²) >= 11 is 0. The molecule has 0 spiro atoms. The Balaban J connectivity index is 2.43. The van der Waals surface area contributed by atoms with Crippen molar-refractivity contribution >= 4 is 0 Å². The predicted molar refractivity (Wildman–Crippen MR) is 71.3 cm³/mol. The van der Waals surface area contributed by atoms with Gasteiger partial charge in [0.05, 0.1) is 12.6 Å². The zero-order valence-corrected chi connectivity index (χ0v) is 10.6. The summed E-state index contributed by atoms with van der Waals surface area (Å²) in [7, 11) is 2.08. The molecule has 0 N–H and O–H groups in total. The van der Waals surface area contributed by atoms with E-state index in [-0.39, 0.29) is 0 Å². The van der Waals surface area contributed by atoms with E-state index >= 15 is 0 Å². The van der Waals surface area contributed by atoms with Crippen LogP contribution >= 0.6 is 0 Å². The largest absolute Gasteiger partial charge is 0.372 e. The normalized spacial score (nSPS) is 17.9. The van der Waals surface area contributed by atoms with Crippen LogP contribution in [-0.2, 0) is 0 Å². The second kappa shape index (κ2) is 6.93. The molecule has 1 saturated heterocycles. The van der Waals surface area contributed by atoms with E-state index in [0.29, 0.717) is 12.6 Å². The monoisotopic (exact) mass is 231 g/mol. The number of hydrogen-bond acceptors (Lipinski definition) is 3. The van der Waals surface area contributed by atoms with Crippen molar-refractivity contribution in [2.75, 3.05) is 26.7 Å². The number of nitrogens with zero attached hydrogens (tertiary/aromatic N) is 3. The third kappa shape index (κ3) is 4.08. The van der Waals surface area contributed by atoms with Gasteiger partial charge in [-0.2, -0.15) is 5.26 Å². The van der Waals surface area contributed by atoms with Crippen molar-refractivity contribution < 1.29 is 0 Å². The van der Waals surface area contributed by atoms with Crippen LogP contribution in [0.4, 0.5) is 0 Å². The highest BCUT2D eigenvalue weighted by atomic mass is 15.2. The Bertz CT molecular complexity index is 330. The van der Waals surface area contributed by atoms with Crippen LogP contribution in [0, 0.1) is 11.3 Å². The molecule has 92 valence electrons. The topological polar surface area (TPSA) is 30.3 Å². The van der Waals surface area contributed by atoms with Gasteiger partial charge < -0.3 is 4.90 Å². The summed E-state index contributed by atoms with van der Waals surface area (Å²) in [4.78, 5) is 4.43. The van der Waals surface area contributed by atoms with E-state index in [1.165, 1.54) is 0 Å².